The van der Waals surface area contributed by atoms with E-state index in [-0.39, 0.29) is 0 Å². The Morgan fingerprint density at radius 1 is 1.00 bits per heavy atom. The van der Waals surface area contributed by atoms with Crippen molar-refractivity contribution in [3.63, 3.8) is 0 Å². The molecule has 2 aromatic carbocycles. The average molecular weight is 281 g/mol. The summed E-state index contributed by atoms with van der Waals surface area (Å²) in [6.45, 7) is 0.753. The van der Waals surface area contributed by atoms with E-state index in [9.17, 15) is 0 Å². The first-order valence-electron chi connectivity index (χ1n) is 6.49. The molecular weight excluding hydrogens is 266 g/mol. The van der Waals surface area contributed by atoms with Gasteiger partial charge in [-0.3, -0.25) is 10.4 Å². The maximum Gasteiger partial charge on any atom is 0.192 e. The van der Waals surface area contributed by atoms with Crippen LogP contribution in [0.15, 0.2) is 66.7 Å². The molecule has 4 heteroatoms. The van der Waals surface area contributed by atoms with Crippen LogP contribution < -0.4 is 10.7 Å². The molecule has 100 valence electrons. The van der Waals surface area contributed by atoms with Crippen LogP contribution in [0, 0.1) is 0 Å². The van der Waals surface area contributed by atoms with E-state index < -0.39 is 0 Å². The number of nitrogens with zero attached hydrogens (tertiary/aromatic N) is 1. The van der Waals surface area contributed by atoms with E-state index >= 15 is 0 Å². The summed E-state index contributed by atoms with van der Waals surface area (Å²) in [6.07, 6.45) is 2.13. The maximum atomic E-state index is 5.42. The summed E-state index contributed by atoms with van der Waals surface area (Å²) in [6, 6.07) is 20.2. The molecule has 1 aliphatic heterocycles. The van der Waals surface area contributed by atoms with Gasteiger partial charge in [0.15, 0.2) is 5.11 Å². The van der Waals surface area contributed by atoms with Gasteiger partial charge in [-0.15, -0.1) is 0 Å². The van der Waals surface area contributed by atoms with Gasteiger partial charge in [-0.2, -0.15) is 0 Å². The predicted molar refractivity (Wildman–Crippen MR) is 86.9 cm³/mol. The minimum atomic E-state index is 0.665. The molecule has 1 aliphatic rings. The molecule has 0 aromatic heterocycles. The molecule has 0 saturated carbocycles. The van der Waals surface area contributed by atoms with Gasteiger partial charge in [-0.05, 0) is 36.0 Å². The average Bonchev–Trinajstić information content (AvgIpc) is 2.99. The SMILES string of the molecule is S=C(Nc1ccccc1)N1CC=C(c2ccccc2)N1. The lowest BCUT2D eigenvalue weighted by molar-refractivity contribution is 0.437. The van der Waals surface area contributed by atoms with Crippen molar-refractivity contribution >= 4 is 28.7 Å². The topological polar surface area (TPSA) is 27.3 Å². The molecule has 0 bridgehead atoms. The Hall–Kier alpha value is -2.33. The van der Waals surface area contributed by atoms with Crippen LogP contribution in [0.3, 0.4) is 0 Å². The molecule has 2 aromatic rings. The van der Waals surface area contributed by atoms with Crippen molar-refractivity contribution in [1.82, 2.24) is 10.4 Å². The number of nitrogens with one attached hydrogen (secondary N) is 2. The van der Waals surface area contributed by atoms with E-state index in [0.717, 1.165) is 23.5 Å². The zero-order chi connectivity index (χ0) is 13.8. The summed E-state index contributed by atoms with van der Waals surface area (Å²) in [5, 5.41) is 5.80. The fraction of sp³-hybridized carbons (Fsp3) is 0.0625. The largest absolute Gasteiger partial charge is 0.331 e. The van der Waals surface area contributed by atoms with Crippen molar-refractivity contribution < 1.29 is 0 Å². The lowest BCUT2D eigenvalue weighted by Gasteiger charge is -2.22. The van der Waals surface area contributed by atoms with Crippen LogP contribution in [0.25, 0.3) is 5.70 Å². The molecule has 0 unspecified atom stereocenters. The molecule has 3 nitrogen and oxygen atoms in total. The second-order valence-corrected chi connectivity index (χ2v) is 4.89. The van der Waals surface area contributed by atoms with E-state index in [1.807, 2.05) is 53.5 Å². The molecule has 1 heterocycles. The Labute approximate surface area is 123 Å². The van der Waals surface area contributed by atoms with E-state index in [1.165, 1.54) is 0 Å². The summed E-state index contributed by atoms with van der Waals surface area (Å²) < 4.78 is 0. The van der Waals surface area contributed by atoms with Crippen molar-refractivity contribution in [2.45, 2.75) is 0 Å². The standard InChI is InChI=1S/C16H15N3S/c20-16(17-14-9-5-2-6-10-14)19-12-11-15(18-19)13-7-3-1-4-8-13/h1-11,18H,12H2,(H,17,20). The van der Waals surface area contributed by atoms with Crippen LogP contribution in [0.4, 0.5) is 5.69 Å². The smallest absolute Gasteiger partial charge is 0.192 e. The Morgan fingerprint density at radius 3 is 2.35 bits per heavy atom. The minimum absolute atomic E-state index is 0.665. The van der Waals surface area contributed by atoms with Crippen molar-refractivity contribution in [2.24, 2.45) is 0 Å². The van der Waals surface area contributed by atoms with Crippen LogP contribution in [-0.2, 0) is 0 Å². The van der Waals surface area contributed by atoms with Gasteiger partial charge in [0.25, 0.3) is 0 Å². The fourth-order valence-electron chi connectivity index (χ4n) is 2.07. The van der Waals surface area contributed by atoms with Crippen molar-refractivity contribution in [3.8, 4) is 0 Å². The normalized spacial score (nSPS) is 13.6. The van der Waals surface area contributed by atoms with E-state index in [0.29, 0.717) is 5.11 Å². The first-order chi connectivity index (χ1) is 9.83. The van der Waals surface area contributed by atoms with Gasteiger partial charge in [-0.25, -0.2) is 0 Å². The number of benzene rings is 2. The summed E-state index contributed by atoms with van der Waals surface area (Å²) in [5.74, 6) is 0. The first kappa shape index (κ1) is 12.7. The van der Waals surface area contributed by atoms with E-state index in [1.54, 1.807) is 0 Å². The lowest BCUT2D eigenvalue weighted by atomic mass is 10.2. The maximum absolute atomic E-state index is 5.42. The number of rotatable bonds is 2. The molecule has 0 radical (unpaired) electrons. The number of thiocarbonyl (C=S) groups is 1. The molecule has 0 aliphatic carbocycles. The van der Waals surface area contributed by atoms with Gasteiger partial charge in [0.05, 0.1) is 12.2 Å². The predicted octanol–water partition coefficient (Wildman–Crippen LogP) is 3.24. The molecule has 2 N–H and O–H groups in total. The number of hydrogen-bond acceptors (Lipinski definition) is 2. The highest BCUT2D eigenvalue weighted by Gasteiger charge is 2.16. The Bertz CT molecular complexity index is 623. The lowest BCUT2D eigenvalue weighted by Crippen LogP contribution is -2.40. The van der Waals surface area contributed by atoms with Gasteiger partial charge in [0.1, 0.15) is 0 Å². The monoisotopic (exact) mass is 281 g/mol. The van der Waals surface area contributed by atoms with E-state index in [2.05, 4.69) is 29.0 Å². The van der Waals surface area contributed by atoms with Crippen LogP contribution >= 0.6 is 12.2 Å². The third kappa shape index (κ3) is 2.81. The Balaban J connectivity index is 1.63. The van der Waals surface area contributed by atoms with Crippen molar-refractivity contribution in [2.75, 3.05) is 11.9 Å². The first-order valence-corrected chi connectivity index (χ1v) is 6.89. The second kappa shape index (κ2) is 5.75. The summed E-state index contributed by atoms with van der Waals surface area (Å²) >= 11 is 5.42. The highest BCUT2D eigenvalue weighted by molar-refractivity contribution is 7.80. The molecule has 3 rings (SSSR count). The van der Waals surface area contributed by atoms with E-state index in [4.69, 9.17) is 12.2 Å². The second-order valence-electron chi connectivity index (χ2n) is 4.50. The highest BCUT2D eigenvalue weighted by Crippen LogP contribution is 2.17. The summed E-state index contributed by atoms with van der Waals surface area (Å²) in [4.78, 5) is 0. The Morgan fingerprint density at radius 2 is 1.65 bits per heavy atom. The van der Waals surface area contributed by atoms with Crippen molar-refractivity contribution in [1.29, 1.82) is 0 Å². The van der Waals surface area contributed by atoms with Gasteiger partial charge < -0.3 is 5.32 Å². The van der Waals surface area contributed by atoms with Gasteiger partial charge >= 0.3 is 0 Å². The zero-order valence-electron chi connectivity index (χ0n) is 10.9. The third-order valence-corrected chi connectivity index (χ3v) is 3.41. The third-order valence-electron chi connectivity index (χ3n) is 3.09. The van der Waals surface area contributed by atoms with Crippen LogP contribution in [0.5, 0.6) is 0 Å². The van der Waals surface area contributed by atoms with Gasteiger partial charge in [0, 0.05) is 5.69 Å². The molecule has 0 saturated heterocycles. The van der Waals surface area contributed by atoms with Gasteiger partial charge in [-0.1, -0.05) is 48.5 Å². The number of para-hydroxylation sites is 1. The van der Waals surface area contributed by atoms with Crippen LogP contribution in [0.1, 0.15) is 5.56 Å². The molecule has 0 atom stereocenters. The van der Waals surface area contributed by atoms with Gasteiger partial charge in [0.2, 0.25) is 0 Å². The molecule has 0 amide bonds. The summed E-state index contributed by atoms with van der Waals surface area (Å²) in [7, 11) is 0. The van der Waals surface area contributed by atoms with Crippen molar-refractivity contribution in [3.05, 3.63) is 72.3 Å². The Kier molecular flexibility index (Phi) is 3.65. The molecule has 0 spiro atoms. The zero-order valence-corrected chi connectivity index (χ0v) is 11.7. The van der Waals surface area contributed by atoms with Crippen LogP contribution in [-0.4, -0.2) is 16.7 Å². The number of hydrazine groups is 1. The summed E-state index contributed by atoms with van der Waals surface area (Å²) in [5.41, 5.74) is 6.56. The fourth-order valence-corrected chi connectivity index (χ4v) is 2.30. The highest BCUT2D eigenvalue weighted by atomic mass is 32.1. The van der Waals surface area contributed by atoms with Crippen LogP contribution in [0.2, 0.25) is 0 Å². The number of anilines is 1. The molecule has 0 fully saturated rings. The molecular formula is C16H15N3S. The quantitative estimate of drug-likeness (QED) is 0.826. The number of hydrogen-bond donors (Lipinski definition) is 2. The molecule has 20 heavy (non-hydrogen) atoms. The minimum Gasteiger partial charge on any atom is -0.331 e.